The molecule has 2 heterocycles. The Bertz CT molecular complexity index is 1310. The van der Waals surface area contributed by atoms with Crippen LogP contribution in [-0.4, -0.2) is 20.5 Å². The fourth-order valence-electron chi connectivity index (χ4n) is 4.25. The number of aromatic nitrogens is 3. The molecule has 1 aliphatic carbocycles. The first-order valence-electron chi connectivity index (χ1n) is 9.64. The number of carbonyl (C=O) groups excluding carboxylic acids is 1. The molecule has 0 saturated heterocycles. The second kappa shape index (κ2) is 6.73. The van der Waals surface area contributed by atoms with Crippen LogP contribution in [0.1, 0.15) is 39.6 Å². The molecule has 1 aliphatic rings. The molecule has 150 valence electrons. The summed E-state index contributed by atoms with van der Waals surface area (Å²) in [5, 5.41) is 5.10. The van der Waals surface area contributed by atoms with Gasteiger partial charge in [0.1, 0.15) is 11.6 Å². The van der Waals surface area contributed by atoms with Gasteiger partial charge in [0.25, 0.3) is 0 Å². The highest BCUT2D eigenvalue weighted by Gasteiger charge is 2.31. The highest BCUT2D eigenvalue weighted by atomic mass is 19.1. The molecule has 0 radical (unpaired) electrons. The number of rotatable bonds is 2. The summed E-state index contributed by atoms with van der Waals surface area (Å²) in [7, 11) is 0. The van der Waals surface area contributed by atoms with Gasteiger partial charge in [-0.1, -0.05) is 18.2 Å². The molecular formula is C23H18F2N4O. The Balaban J connectivity index is 1.68. The number of nitrogens with zero attached hydrogens (tertiary/aromatic N) is 3. The van der Waals surface area contributed by atoms with Gasteiger partial charge in [-0.2, -0.15) is 5.10 Å². The highest BCUT2D eigenvalue weighted by Crippen LogP contribution is 2.38. The van der Waals surface area contributed by atoms with E-state index >= 15 is 0 Å². The molecule has 2 aromatic heterocycles. The van der Waals surface area contributed by atoms with Crippen LogP contribution in [0.3, 0.4) is 0 Å². The van der Waals surface area contributed by atoms with E-state index < -0.39 is 0 Å². The summed E-state index contributed by atoms with van der Waals surface area (Å²) >= 11 is 0. The van der Waals surface area contributed by atoms with Crippen molar-refractivity contribution in [3.05, 3.63) is 82.7 Å². The van der Waals surface area contributed by atoms with Crippen LogP contribution in [0, 0.1) is 18.6 Å². The molecule has 1 unspecified atom stereocenters. The van der Waals surface area contributed by atoms with Gasteiger partial charge in [0.15, 0.2) is 11.4 Å². The number of nitrogen functional groups attached to an aromatic ring is 1. The Morgan fingerprint density at radius 2 is 1.83 bits per heavy atom. The average Bonchev–Trinajstić information content (AvgIpc) is 3.05. The second-order valence-electron chi connectivity index (χ2n) is 7.60. The van der Waals surface area contributed by atoms with Crippen LogP contribution >= 0.6 is 0 Å². The molecule has 0 spiro atoms. The molecule has 1 atom stereocenters. The van der Waals surface area contributed by atoms with Crippen molar-refractivity contribution in [2.24, 2.45) is 0 Å². The van der Waals surface area contributed by atoms with Gasteiger partial charge in [0.2, 0.25) is 0 Å². The summed E-state index contributed by atoms with van der Waals surface area (Å²) in [6.45, 7) is 1.79. The van der Waals surface area contributed by atoms with Gasteiger partial charge in [-0.25, -0.2) is 18.4 Å². The smallest absolute Gasteiger partial charge is 0.167 e. The Morgan fingerprint density at radius 1 is 1.07 bits per heavy atom. The number of nitrogens with two attached hydrogens (primary N) is 1. The van der Waals surface area contributed by atoms with Gasteiger partial charge in [-0.05, 0) is 55.2 Å². The van der Waals surface area contributed by atoms with Crippen molar-refractivity contribution in [3.8, 4) is 5.69 Å². The van der Waals surface area contributed by atoms with Crippen molar-refractivity contribution in [2.45, 2.75) is 25.7 Å². The number of carbonyl (C=O) groups is 1. The summed E-state index contributed by atoms with van der Waals surface area (Å²) < 4.78 is 28.6. The molecule has 4 aromatic rings. The number of Topliss-reactive ketones (excluding diaryl/α,β-unsaturated/α-hetero) is 1. The van der Waals surface area contributed by atoms with Crippen LogP contribution in [-0.2, 0) is 6.42 Å². The number of pyridine rings is 1. The number of benzene rings is 2. The first kappa shape index (κ1) is 18.4. The van der Waals surface area contributed by atoms with Crippen LogP contribution < -0.4 is 5.73 Å². The van der Waals surface area contributed by atoms with Crippen LogP contribution in [0.4, 0.5) is 14.5 Å². The topological polar surface area (TPSA) is 73.8 Å². The summed E-state index contributed by atoms with van der Waals surface area (Å²) in [6, 6.07) is 12.2. The predicted octanol–water partition coefficient (Wildman–Crippen LogP) is 4.50. The van der Waals surface area contributed by atoms with E-state index in [1.807, 2.05) is 0 Å². The number of fused-ring (bicyclic) bond motifs is 2. The lowest BCUT2D eigenvalue weighted by molar-refractivity contribution is 0.0964. The quantitative estimate of drug-likeness (QED) is 0.534. The zero-order valence-corrected chi connectivity index (χ0v) is 16.2. The van der Waals surface area contributed by atoms with Crippen molar-refractivity contribution in [3.63, 3.8) is 0 Å². The van der Waals surface area contributed by atoms with E-state index in [0.717, 1.165) is 5.56 Å². The lowest BCUT2D eigenvalue weighted by atomic mass is 9.81. The maximum Gasteiger partial charge on any atom is 0.167 e. The second-order valence-corrected chi connectivity index (χ2v) is 7.60. The zero-order valence-electron chi connectivity index (χ0n) is 16.2. The SMILES string of the molecule is Cc1nn(-c2cccc(F)c2)c2nc3c(c(N)c12)C(=O)CC(c1ccc(F)cc1)C3. The molecule has 0 amide bonds. The van der Waals surface area contributed by atoms with E-state index in [0.29, 0.717) is 45.8 Å². The number of ketones is 1. The van der Waals surface area contributed by atoms with Gasteiger partial charge in [-0.3, -0.25) is 4.79 Å². The van der Waals surface area contributed by atoms with Gasteiger partial charge < -0.3 is 5.73 Å². The summed E-state index contributed by atoms with van der Waals surface area (Å²) in [5.74, 6) is -0.900. The largest absolute Gasteiger partial charge is 0.397 e. The minimum Gasteiger partial charge on any atom is -0.397 e. The van der Waals surface area contributed by atoms with Crippen molar-refractivity contribution >= 4 is 22.5 Å². The van der Waals surface area contributed by atoms with Crippen LogP contribution in [0.5, 0.6) is 0 Å². The summed E-state index contributed by atoms with van der Waals surface area (Å²) in [6.07, 6.45) is 0.785. The minimum atomic E-state index is -0.383. The Morgan fingerprint density at radius 3 is 2.57 bits per heavy atom. The standard InChI is InChI=1S/C23H18F2N4O/c1-12-20-22(26)21-18(9-14(10-19(21)30)13-5-7-15(24)8-6-13)27-23(20)29(28-12)17-4-2-3-16(25)11-17/h2-8,11,14H,9-10H2,1H3,(H2,26,27). The first-order chi connectivity index (χ1) is 14.4. The monoisotopic (exact) mass is 404 g/mol. The fraction of sp³-hybridized carbons (Fsp3) is 0.174. The minimum absolute atomic E-state index is 0.0876. The molecule has 5 nitrogen and oxygen atoms in total. The predicted molar refractivity (Wildman–Crippen MR) is 110 cm³/mol. The maximum atomic E-state index is 13.8. The lowest BCUT2D eigenvalue weighted by Crippen LogP contribution is -2.22. The zero-order chi connectivity index (χ0) is 21.0. The summed E-state index contributed by atoms with van der Waals surface area (Å²) in [5.41, 5.74) is 10.3. The normalized spacial score (nSPS) is 16.1. The van der Waals surface area contributed by atoms with Gasteiger partial charge in [-0.15, -0.1) is 0 Å². The highest BCUT2D eigenvalue weighted by molar-refractivity contribution is 6.09. The van der Waals surface area contributed by atoms with Crippen molar-refractivity contribution < 1.29 is 13.6 Å². The van der Waals surface area contributed by atoms with Crippen LogP contribution in [0.25, 0.3) is 16.7 Å². The van der Waals surface area contributed by atoms with E-state index in [1.54, 1.807) is 35.9 Å². The van der Waals surface area contributed by atoms with E-state index in [1.165, 1.54) is 24.3 Å². The van der Waals surface area contributed by atoms with Crippen molar-refractivity contribution in [2.75, 3.05) is 5.73 Å². The molecular weight excluding hydrogens is 386 g/mol. The fourth-order valence-corrected chi connectivity index (χ4v) is 4.25. The van der Waals surface area contributed by atoms with Crippen molar-refractivity contribution in [1.82, 2.24) is 14.8 Å². The molecule has 0 bridgehead atoms. The molecule has 2 N–H and O–H groups in total. The average molecular weight is 404 g/mol. The third-order valence-corrected chi connectivity index (χ3v) is 5.65. The Hall–Kier alpha value is -3.61. The molecule has 5 rings (SSSR count). The van der Waals surface area contributed by atoms with Crippen molar-refractivity contribution in [1.29, 1.82) is 0 Å². The first-order valence-corrected chi connectivity index (χ1v) is 9.64. The van der Waals surface area contributed by atoms with E-state index in [-0.39, 0.29) is 29.8 Å². The maximum absolute atomic E-state index is 13.8. The van der Waals surface area contributed by atoms with Crippen LogP contribution in [0.2, 0.25) is 0 Å². The third-order valence-electron chi connectivity index (χ3n) is 5.65. The van der Waals surface area contributed by atoms with E-state index in [2.05, 4.69) is 5.10 Å². The van der Waals surface area contributed by atoms with Gasteiger partial charge in [0.05, 0.1) is 33.7 Å². The van der Waals surface area contributed by atoms with Gasteiger partial charge >= 0.3 is 0 Å². The molecule has 0 fully saturated rings. The molecule has 0 aliphatic heterocycles. The number of aryl methyl sites for hydroxylation is 1. The third kappa shape index (κ3) is 2.85. The molecule has 30 heavy (non-hydrogen) atoms. The molecule has 2 aromatic carbocycles. The number of hydrogen-bond acceptors (Lipinski definition) is 4. The van der Waals surface area contributed by atoms with Gasteiger partial charge in [0, 0.05) is 6.42 Å². The van der Waals surface area contributed by atoms with Crippen LogP contribution in [0.15, 0.2) is 48.5 Å². The lowest BCUT2D eigenvalue weighted by Gasteiger charge is -2.24. The summed E-state index contributed by atoms with van der Waals surface area (Å²) in [4.78, 5) is 17.7. The number of anilines is 1. The van der Waals surface area contributed by atoms with E-state index in [9.17, 15) is 13.6 Å². The number of hydrogen-bond donors (Lipinski definition) is 1. The van der Waals surface area contributed by atoms with E-state index in [4.69, 9.17) is 10.7 Å². The Labute approximate surface area is 171 Å². The number of halogens is 2. The molecule has 0 saturated carbocycles. The molecule has 7 heteroatoms. The Kier molecular flexibility index (Phi) is 4.13.